The van der Waals surface area contributed by atoms with Gasteiger partial charge in [0.2, 0.25) is 0 Å². The third kappa shape index (κ3) is 52.6. The van der Waals surface area contributed by atoms with Crippen LogP contribution in [-0.2, 0) is 42.2 Å². The Labute approximate surface area is 441 Å². The second kappa shape index (κ2) is 54.9. The number of carbonyl (C=O) groups excluding carboxylic acids is 3. The van der Waals surface area contributed by atoms with Crippen molar-refractivity contribution < 1.29 is 52.2 Å². The third-order valence-electron chi connectivity index (χ3n) is 13.0. The van der Waals surface area contributed by atoms with Gasteiger partial charge in [-0.25, -0.2) is 4.57 Å². The Hall–Kier alpha value is -2.30. The number of esters is 3. The number of allylic oxidation sites excluding steroid dienone is 6. The van der Waals surface area contributed by atoms with Crippen molar-refractivity contribution in [1.29, 1.82) is 0 Å². The quantitative estimate of drug-likeness (QED) is 0.0197. The summed E-state index contributed by atoms with van der Waals surface area (Å²) >= 11 is 0. The molecule has 0 aliphatic heterocycles. The molecular weight excluding hydrogens is 928 g/mol. The molecule has 0 aliphatic rings. The van der Waals surface area contributed by atoms with Crippen molar-refractivity contribution in [3.63, 3.8) is 0 Å². The van der Waals surface area contributed by atoms with Crippen LogP contribution in [0.15, 0.2) is 36.5 Å². The highest BCUT2D eigenvalue weighted by atomic mass is 31.2. The molecule has 0 saturated carbocycles. The lowest BCUT2D eigenvalue weighted by atomic mass is 10.0. The molecule has 2 N–H and O–H groups in total. The van der Waals surface area contributed by atoms with Gasteiger partial charge in [-0.2, -0.15) is 0 Å². The summed E-state index contributed by atoms with van der Waals surface area (Å²) in [4.78, 5) is 48.6. The van der Waals surface area contributed by atoms with E-state index in [1.54, 1.807) is 0 Å². The van der Waals surface area contributed by atoms with E-state index in [0.717, 1.165) is 96.3 Å². The molecule has 0 aromatic rings. The van der Waals surface area contributed by atoms with E-state index in [4.69, 9.17) is 23.3 Å². The number of hydrogen-bond donors (Lipinski definition) is 2. The molecule has 3 atom stereocenters. The Bertz CT molecular complexity index is 1350. The van der Waals surface area contributed by atoms with Gasteiger partial charge in [-0.3, -0.25) is 23.4 Å². The van der Waals surface area contributed by atoms with Crippen LogP contribution >= 0.6 is 7.82 Å². The van der Waals surface area contributed by atoms with Crippen molar-refractivity contribution in [3.8, 4) is 0 Å². The number of phosphoric acid groups is 1. The van der Waals surface area contributed by atoms with E-state index in [9.17, 15) is 28.9 Å². The SMILES string of the molecule is CCCCC/C=C\C/C=C\CCCCCCCCCC(=O)OC(COC(=O)CCCCCCC/C=C\CCCCCCCC)COP(=O)(O)OCC(CO)OC(=O)CCCCCCCCCCCCCCC. The molecule has 72 heavy (non-hydrogen) atoms. The second-order valence-corrected chi connectivity index (χ2v) is 21.6. The largest absolute Gasteiger partial charge is 0.472 e. The van der Waals surface area contributed by atoms with Crippen molar-refractivity contribution in [2.24, 2.45) is 0 Å². The third-order valence-corrected chi connectivity index (χ3v) is 14.0. The number of rotatable bonds is 56. The lowest BCUT2D eigenvalue weighted by Gasteiger charge is -2.21. The van der Waals surface area contributed by atoms with Crippen molar-refractivity contribution >= 4 is 25.7 Å². The minimum Gasteiger partial charge on any atom is -0.462 e. The molecule has 0 amide bonds. The first-order chi connectivity index (χ1) is 35.2. The highest BCUT2D eigenvalue weighted by Crippen LogP contribution is 2.43. The molecule has 3 unspecified atom stereocenters. The van der Waals surface area contributed by atoms with Gasteiger partial charge in [0, 0.05) is 19.3 Å². The number of hydrogen-bond acceptors (Lipinski definition) is 10. The number of ether oxygens (including phenoxy) is 3. The first-order valence-corrected chi connectivity index (χ1v) is 31.4. The predicted molar refractivity (Wildman–Crippen MR) is 298 cm³/mol. The topological polar surface area (TPSA) is 155 Å². The van der Waals surface area contributed by atoms with Crippen molar-refractivity contribution in [3.05, 3.63) is 36.5 Å². The number of carbonyl (C=O) groups is 3. The molecule has 0 radical (unpaired) electrons. The predicted octanol–water partition coefficient (Wildman–Crippen LogP) is 17.6. The molecule has 0 aromatic heterocycles. The molecule has 12 heteroatoms. The van der Waals surface area contributed by atoms with E-state index >= 15 is 0 Å². The van der Waals surface area contributed by atoms with Gasteiger partial charge in [-0.1, -0.05) is 231 Å². The zero-order chi connectivity index (χ0) is 52.7. The van der Waals surface area contributed by atoms with E-state index in [-0.39, 0.29) is 25.9 Å². The van der Waals surface area contributed by atoms with E-state index < -0.39 is 57.8 Å². The molecule has 0 fully saturated rings. The molecule has 0 aromatic carbocycles. The van der Waals surface area contributed by atoms with Crippen LogP contribution in [0.3, 0.4) is 0 Å². The van der Waals surface area contributed by atoms with Crippen LogP contribution in [0.1, 0.15) is 290 Å². The summed E-state index contributed by atoms with van der Waals surface area (Å²) in [5.41, 5.74) is 0. The van der Waals surface area contributed by atoms with Crippen molar-refractivity contribution in [1.82, 2.24) is 0 Å². The second-order valence-electron chi connectivity index (χ2n) is 20.2. The summed E-state index contributed by atoms with van der Waals surface area (Å²) in [5, 5.41) is 9.81. The summed E-state index contributed by atoms with van der Waals surface area (Å²) in [5.74, 6) is -1.46. The van der Waals surface area contributed by atoms with Gasteiger partial charge in [0.15, 0.2) is 6.10 Å². The van der Waals surface area contributed by atoms with Crippen LogP contribution in [0.4, 0.5) is 0 Å². The average Bonchev–Trinajstić information content (AvgIpc) is 3.37. The summed E-state index contributed by atoms with van der Waals surface area (Å²) in [6.45, 7) is 4.64. The first-order valence-electron chi connectivity index (χ1n) is 29.9. The molecule has 0 bridgehead atoms. The van der Waals surface area contributed by atoms with Crippen LogP contribution < -0.4 is 0 Å². The minimum atomic E-state index is -4.75. The van der Waals surface area contributed by atoms with Gasteiger partial charge < -0.3 is 24.2 Å². The lowest BCUT2D eigenvalue weighted by molar-refractivity contribution is -0.161. The maximum Gasteiger partial charge on any atom is 0.472 e. The van der Waals surface area contributed by atoms with Crippen LogP contribution in [0, 0.1) is 0 Å². The Morgan fingerprint density at radius 1 is 0.389 bits per heavy atom. The van der Waals surface area contributed by atoms with E-state index in [0.29, 0.717) is 19.3 Å². The van der Waals surface area contributed by atoms with Crippen LogP contribution in [0.2, 0.25) is 0 Å². The summed E-state index contributed by atoms with van der Waals surface area (Å²) < 4.78 is 39.6. The smallest absolute Gasteiger partial charge is 0.462 e. The van der Waals surface area contributed by atoms with Gasteiger partial charge >= 0.3 is 25.7 Å². The normalized spacial score (nSPS) is 13.6. The highest BCUT2D eigenvalue weighted by molar-refractivity contribution is 7.47. The van der Waals surface area contributed by atoms with Crippen LogP contribution in [0.25, 0.3) is 0 Å². The molecule has 422 valence electrons. The molecule has 0 spiro atoms. The maximum atomic E-state index is 12.9. The maximum absolute atomic E-state index is 12.9. The zero-order valence-electron chi connectivity index (χ0n) is 46.7. The van der Waals surface area contributed by atoms with Gasteiger partial charge in [-0.15, -0.1) is 0 Å². The fraction of sp³-hybridized carbons (Fsp3) is 0.850. The van der Waals surface area contributed by atoms with E-state index in [1.807, 2.05) is 0 Å². The Morgan fingerprint density at radius 2 is 0.681 bits per heavy atom. The van der Waals surface area contributed by atoms with Crippen LogP contribution in [-0.4, -0.2) is 66.5 Å². The fourth-order valence-electron chi connectivity index (χ4n) is 8.44. The van der Waals surface area contributed by atoms with Gasteiger partial charge in [0.25, 0.3) is 0 Å². The van der Waals surface area contributed by atoms with E-state index in [2.05, 4.69) is 57.2 Å². The highest BCUT2D eigenvalue weighted by Gasteiger charge is 2.28. The summed E-state index contributed by atoms with van der Waals surface area (Å²) in [6.07, 6.45) is 56.6. The molecule has 0 saturated heterocycles. The van der Waals surface area contributed by atoms with Crippen LogP contribution in [0.5, 0.6) is 0 Å². The molecular formula is C60H111O11P. The Balaban J connectivity index is 4.72. The Kier molecular flexibility index (Phi) is 53.2. The fourth-order valence-corrected chi connectivity index (χ4v) is 9.23. The Morgan fingerprint density at radius 3 is 1.07 bits per heavy atom. The molecule has 0 aliphatic carbocycles. The monoisotopic (exact) mass is 1040 g/mol. The van der Waals surface area contributed by atoms with Crippen molar-refractivity contribution in [2.75, 3.05) is 26.4 Å². The van der Waals surface area contributed by atoms with E-state index in [1.165, 1.54) is 135 Å². The number of unbranched alkanes of at least 4 members (excludes halogenated alkanes) is 33. The molecule has 11 nitrogen and oxygen atoms in total. The zero-order valence-corrected chi connectivity index (χ0v) is 47.6. The first kappa shape index (κ1) is 69.7. The number of aliphatic hydroxyl groups is 1. The summed E-state index contributed by atoms with van der Waals surface area (Å²) in [6, 6.07) is 0. The summed E-state index contributed by atoms with van der Waals surface area (Å²) in [7, 11) is -4.75. The molecule has 0 heterocycles. The average molecular weight is 1040 g/mol. The molecule has 0 rings (SSSR count). The van der Waals surface area contributed by atoms with Gasteiger partial charge in [0.1, 0.15) is 12.7 Å². The number of phosphoric ester groups is 1. The lowest BCUT2D eigenvalue weighted by Crippen LogP contribution is -2.30. The van der Waals surface area contributed by atoms with Crippen molar-refractivity contribution in [2.45, 2.75) is 303 Å². The standard InChI is InChI=1S/C60H111O11P/c1-4-7-10-13-16-19-22-25-27-28-30-33-36-39-42-45-48-51-60(64)71-57(53-67-58(62)49-46-43-40-37-34-32-29-26-23-20-17-14-11-8-5-2)55-69-72(65,66)68-54-56(52-61)70-59(63)50-47-44-41-38-35-31-24-21-18-15-12-9-6-3/h16,19,25-27,29,56-57,61H,4-15,17-18,20-24,28,30-55H2,1-3H3,(H,65,66)/b19-16-,27-25-,29-26-. The number of aliphatic hydroxyl groups excluding tert-OH is 1. The van der Waals surface area contributed by atoms with Gasteiger partial charge in [-0.05, 0) is 77.0 Å². The minimum absolute atomic E-state index is 0.160. The van der Waals surface area contributed by atoms with Gasteiger partial charge in [0.05, 0.1) is 19.8 Å².